The number of hydrogen-bond donors (Lipinski definition) is 2. The Bertz CT molecular complexity index is 625. The van der Waals surface area contributed by atoms with Gasteiger partial charge in [0.05, 0.1) is 24.2 Å². The molecule has 0 aromatic carbocycles. The lowest BCUT2D eigenvalue weighted by molar-refractivity contribution is -0.143. The summed E-state index contributed by atoms with van der Waals surface area (Å²) >= 11 is 0. The van der Waals surface area contributed by atoms with E-state index >= 15 is 0 Å². The van der Waals surface area contributed by atoms with Crippen molar-refractivity contribution in [2.75, 3.05) is 0 Å². The van der Waals surface area contributed by atoms with Crippen LogP contribution < -0.4 is 0 Å². The van der Waals surface area contributed by atoms with Gasteiger partial charge in [0.1, 0.15) is 0 Å². The fraction of sp³-hybridized carbons (Fsp3) is 0.615. The van der Waals surface area contributed by atoms with Gasteiger partial charge in [-0.25, -0.2) is 4.68 Å². The Kier molecular flexibility index (Phi) is 4.06. The molecule has 0 aliphatic carbocycles. The van der Waals surface area contributed by atoms with E-state index in [0.717, 1.165) is 11.3 Å². The summed E-state index contributed by atoms with van der Waals surface area (Å²) in [5.74, 6) is -0.851. The van der Waals surface area contributed by atoms with Crippen molar-refractivity contribution in [1.82, 2.24) is 30.4 Å². The molecule has 8 heteroatoms. The maximum Gasteiger partial charge on any atom is 0.308 e. The van der Waals surface area contributed by atoms with Gasteiger partial charge in [0.15, 0.2) is 5.82 Å². The average molecular weight is 292 g/mol. The number of H-pyrrole nitrogens is 1. The zero-order valence-corrected chi connectivity index (χ0v) is 12.7. The van der Waals surface area contributed by atoms with E-state index in [0.29, 0.717) is 12.2 Å². The van der Waals surface area contributed by atoms with E-state index < -0.39 is 11.9 Å². The number of aromatic nitrogens is 6. The van der Waals surface area contributed by atoms with Crippen LogP contribution in [0.3, 0.4) is 0 Å². The van der Waals surface area contributed by atoms with Crippen molar-refractivity contribution in [3.8, 4) is 11.4 Å². The lowest BCUT2D eigenvalue weighted by Gasteiger charge is -2.23. The lowest BCUT2D eigenvalue weighted by atomic mass is 9.84. The van der Waals surface area contributed by atoms with E-state index in [4.69, 9.17) is 0 Å². The van der Waals surface area contributed by atoms with E-state index in [1.54, 1.807) is 6.20 Å². The number of carbonyl (C=O) groups is 1. The van der Waals surface area contributed by atoms with Crippen LogP contribution in [0.25, 0.3) is 11.4 Å². The number of carboxylic acids is 1. The topological polar surface area (TPSA) is 110 Å². The summed E-state index contributed by atoms with van der Waals surface area (Å²) in [5.41, 5.74) is 1.54. The Morgan fingerprint density at radius 2 is 2.19 bits per heavy atom. The number of carboxylic acid groups (broad SMARTS) is 1. The normalized spacial score (nSPS) is 13.3. The van der Waals surface area contributed by atoms with Gasteiger partial charge in [-0.1, -0.05) is 20.8 Å². The number of aromatic amines is 1. The first-order valence-corrected chi connectivity index (χ1v) is 6.77. The first-order chi connectivity index (χ1) is 9.78. The highest BCUT2D eigenvalue weighted by Gasteiger charge is 2.27. The quantitative estimate of drug-likeness (QED) is 0.864. The van der Waals surface area contributed by atoms with Crippen LogP contribution in [0.5, 0.6) is 0 Å². The molecule has 2 heterocycles. The monoisotopic (exact) mass is 292 g/mol. The highest BCUT2D eigenvalue weighted by Crippen LogP contribution is 2.27. The SMILES string of the molecule is Cc1[nH]ncc1-c1nnnn1CC(CC(C)(C)C)C(=O)O. The Balaban J connectivity index is 2.25. The zero-order chi connectivity index (χ0) is 15.6. The number of nitrogens with one attached hydrogen (secondary N) is 1. The summed E-state index contributed by atoms with van der Waals surface area (Å²) in [6.07, 6.45) is 2.18. The number of nitrogens with zero attached hydrogens (tertiary/aromatic N) is 5. The second-order valence-electron chi connectivity index (χ2n) is 6.39. The number of hydrogen-bond acceptors (Lipinski definition) is 5. The molecule has 0 radical (unpaired) electrons. The Morgan fingerprint density at radius 1 is 1.48 bits per heavy atom. The summed E-state index contributed by atoms with van der Waals surface area (Å²) in [7, 11) is 0. The first kappa shape index (κ1) is 15.1. The van der Waals surface area contributed by atoms with Crippen molar-refractivity contribution < 1.29 is 9.90 Å². The van der Waals surface area contributed by atoms with Crippen molar-refractivity contribution in [2.45, 2.75) is 40.7 Å². The maximum absolute atomic E-state index is 11.5. The van der Waals surface area contributed by atoms with Crippen molar-refractivity contribution in [2.24, 2.45) is 11.3 Å². The van der Waals surface area contributed by atoms with Crippen molar-refractivity contribution >= 4 is 5.97 Å². The minimum atomic E-state index is -0.838. The van der Waals surface area contributed by atoms with Gasteiger partial charge in [0.25, 0.3) is 0 Å². The van der Waals surface area contributed by atoms with Gasteiger partial charge in [0, 0.05) is 5.69 Å². The fourth-order valence-corrected chi connectivity index (χ4v) is 2.27. The van der Waals surface area contributed by atoms with Gasteiger partial charge in [-0.2, -0.15) is 5.10 Å². The van der Waals surface area contributed by atoms with Gasteiger partial charge < -0.3 is 5.11 Å². The van der Waals surface area contributed by atoms with Crippen LogP contribution in [0.2, 0.25) is 0 Å². The lowest BCUT2D eigenvalue weighted by Crippen LogP contribution is -2.26. The molecule has 2 N–H and O–H groups in total. The summed E-state index contributed by atoms with van der Waals surface area (Å²) in [4.78, 5) is 11.5. The highest BCUT2D eigenvalue weighted by molar-refractivity contribution is 5.70. The molecule has 0 spiro atoms. The molecule has 1 atom stereocenters. The Hall–Kier alpha value is -2.25. The molecule has 0 saturated heterocycles. The third kappa shape index (κ3) is 3.65. The van der Waals surface area contributed by atoms with Gasteiger partial charge in [-0.05, 0) is 29.2 Å². The van der Waals surface area contributed by atoms with E-state index in [1.807, 2.05) is 27.7 Å². The zero-order valence-electron chi connectivity index (χ0n) is 12.7. The highest BCUT2D eigenvalue weighted by atomic mass is 16.4. The van der Waals surface area contributed by atoms with E-state index in [1.165, 1.54) is 4.68 Å². The van der Waals surface area contributed by atoms with E-state index in [-0.39, 0.29) is 12.0 Å². The molecule has 21 heavy (non-hydrogen) atoms. The third-order valence-electron chi connectivity index (χ3n) is 3.20. The largest absolute Gasteiger partial charge is 0.481 e. The molecule has 8 nitrogen and oxygen atoms in total. The van der Waals surface area contributed by atoms with Crippen LogP contribution in [-0.4, -0.2) is 41.5 Å². The third-order valence-corrected chi connectivity index (χ3v) is 3.20. The molecule has 2 aromatic rings. The summed E-state index contributed by atoms with van der Waals surface area (Å²) in [6, 6.07) is 0. The number of aryl methyl sites for hydroxylation is 1. The minimum absolute atomic E-state index is 0.0806. The predicted octanol–water partition coefficient (Wildman–Crippen LogP) is 1.51. The van der Waals surface area contributed by atoms with Crippen LogP contribution in [0.1, 0.15) is 32.9 Å². The molecule has 2 aromatic heterocycles. The molecular formula is C13H20N6O2. The molecule has 0 aliphatic heterocycles. The first-order valence-electron chi connectivity index (χ1n) is 6.77. The van der Waals surface area contributed by atoms with E-state index in [2.05, 4.69) is 25.7 Å². The van der Waals surface area contributed by atoms with Crippen molar-refractivity contribution in [3.05, 3.63) is 11.9 Å². The van der Waals surface area contributed by atoms with Crippen molar-refractivity contribution in [3.63, 3.8) is 0 Å². The summed E-state index contributed by atoms with van der Waals surface area (Å²) in [5, 5.41) is 27.7. The van der Waals surface area contributed by atoms with E-state index in [9.17, 15) is 9.90 Å². The minimum Gasteiger partial charge on any atom is -0.481 e. The summed E-state index contributed by atoms with van der Waals surface area (Å²) in [6.45, 7) is 8.15. The Labute approximate surface area is 122 Å². The molecule has 114 valence electrons. The molecule has 2 rings (SSSR count). The summed E-state index contributed by atoms with van der Waals surface area (Å²) < 4.78 is 1.53. The van der Waals surface area contributed by atoms with Crippen LogP contribution in [0.15, 0.2) is 6.20 Å². The molecular weight excluding hydrogens is 272 g/mol. The number of aliphatic carboxylic acids is 1. The molecule has 0 bridgehead atoms. The molecule has 0 saturated carbocycles. The number of rotatable bonds is 5. The molecule has 1 unspecified atom stereocenters. The van der Waals surface area contributed by atoms with Gasteiger partial charge in [0.2, 0.25) is 0 Å². The fourth-order valence-electron chi connectivity index (χ4n) is 2.27. The van der Waals surface area contributed by atoms with Gasteiger partial charge in [-0.3, -0.25) is 9.89 Å². The van der Waals surface area contributed by atoms with Gasteiger partial charge in [-0.15, -0.1) is 5.10 Å². The average Bonchev–Trinajstić information content (AvgIpc) is 2.95. The second kappa shape index (κ2) is 5.63. The van der Waals surface area contributed by atoms with Crippen LogP contribution in [0, 0.1) is 18.3 Å². The second-order valence-corrected chi connectivity index (χ2v) is 6.39. The maximum atomic E-state index is 11.5. The smallest absolute Gasteiger partial charge is 0.308 e. The van der Waals surface area contributed by atoms with Crippen molar-refractivity contribution in [1.29, 1.82) is 0 Å². The molecule has 0 amide bonds. The van der Waals surface area contributed by atoms with Gasteiger partial charge >= 0.3 is 5.97 Å². The number of tetrazole rings is 1. The van der Waals surface area contributed by atoms with Crippen LogP contribution in [0.4, 0.5) is 0 Å². The van der Waals surface area contributed by atoms with Crippen LogP contribution >= 0.6 is 0 Å². The molecule has 0 aliphatic rings. The Morgan fingerprint density at radius 3 is 2.71 bits per heavy atom. The molecule has 0 fully saturated rings. The van der Waals surface area contributed by atoms with Crippen LogP contribution in [-0.2, 0) is 11.3 Å². The standard InChI is InChI=1S/C13H20N6O2/c1-8-10(6-14-15-8)11-16-17-18-19(11)7-9(12(20)21)5-13(2,3)4/h6,9H,5,7H2,1-4H3,(H,14,15)(H,20,21). The predicted molar refractivity (Wildman–Crippen MR) is 75.3 cm³/mol.